The Hall–Kier alpha value is -2.38. The molecule has 0 aliphatic rings. The minimum absolute atomic E-state index is 0.108. The lowest BCUT2D eigenvalue weighted by Crippen LogP contribution is -1.98. The van der Waals surface area contributed by atoms with Crippen LogP contribution in [0.1, 0.15) is 16.7 Å². The molecule has 2 N–H and O–H groups in total. The van der Waals surface area contributed by atoms with E-state index in [2.05, 4.69) is 0 Å². The first kappa shape index (κ1) is 13.1. The van der Waals surface area contributed by atoms with Crippen LogP contribution in [0.4, 0.5) is 4.39 Å². The van der Waals surface area contributed by atoms with Gasteiger partial charge in [-0.15, -0.1) is 0 Å². The first-order valence-corrected chi connectivity index (χ1v) is 5.81. The highest BCUT2D eigenvalue weighted by molar-refractivity contribution is 5.48. The molecule has 3 nitrogen and oxygen atoms in total. The zero-order chi connectivity index (χ0) is 13.8. The Balaban J connectivity index is 2.39. The Kier molecular flexibility index (Phi) is 3.79. The second-order valence-corrected chi connectivity index (χ2v) is 4.14. The second kappa shape index (κ2) is 5.51. The van der Waals surface area contributed by atoms with Gasteiger partial charge in [0, 0.05) is 6.54 Å². The lowest BCUT2D eigenvalue weighted by Gasteiger charge is -2.10. The average molecular weight is 256 g/mol. The van der Waals surface area contributed by atoms with Gasteiger partial charge in [0.05, 0.1) is 5.56 Å². The van der Waals surface area contributed by atoms with E-state index in [1.54, 1.807) is 37.3 Å². The molecule has 0 radical (unpaired) electrons. The smallest absolute Gasteiger partial charge is 0.168 e. The van der Waals surface area contributed by atoms with E-state index in [-0.39, 0.29) is 5.75 Å². The average Bonchev–Trinajstić information content (AvgIpc) is 2.44. The van der Waals surface area contributed by atoms with Crippen molar-refractivity contribution in [1.82, 2.24) is 0 Å². The highest BCUT2D eigenvalue weighted by atomic mass is 19.1. The number of hydrogen-bond donors (Lipinski definition) is 1. The molecule has 0 saturated heterocycles. The number of hydrogen-bond acceptors (Lipinski definition) is 3. The molecular formula is C15H13FN2O. The van der Waals surface area contributed by atoms with Crippen molar-refractivity contribution in [1.29, 1.82) is 5.26 Å². The second-order valence-electron chi connectivity index (χ2n) is 4.14. The number of ether oxygens (including phenoxy) is 1. The third-order valence-electron chi connectivity index (χ3n) is 2.78. The molecule has 0 bridgehead atoms. The molecule has 2 aromatic carbocycles. The minimum Gasteiger partial charge on any atom is -0.453 e. The van der Waals surface area contributed by atoms with E-state index in [1.165, 1.54) is 6.07 Å². The van der Waals surface area contributed by atoms with Gasteiger partial charge >= 0.3 is 0 Å². The van der Waals surface area contributed by atoms with Gasteiger partial charge in [-0.05, 0) is 36.2 Å². The molecule has 2 aromatic rings. The van der Waals surface area contributed by atoms with Crippen LogP contribution in [0.2, 0.25) is 0 Å². The highest BCUT2D eigenvalue weighted by Crippen LogP contribution is 2.29. The van der Waals surface area contributed by atoms with Gasteiger partial charge in [0.25, 0.3) is 0 Å². The molecule has 4 heteroatoms. The SMILES string of the molecule is Cc1cccc(Oc2ccc(CN)cc2C#N)c1F. The summed E-state index contributed by atoms with van der Waals surface area (Å²) in [5.74, 6) is 0.00971. The molecule has 2 rings (SSSR count). The van der Waals surface area contributed by atoms with E-state index >= 15 is 0 Å². The van der Waals surface area contributed by atoms with Crippen molar-refractivity contribution >= 4 is 0 Å². The first-order chi connectivity index (χ1) is 9.15. The van der Waals surface area contributed by atoms with E-state index < -0.39 is 5.82 Å². The van der Waals surface area contributed by atoms with Crippen LogP contribution in [0, 0.1) is 24.1 Å². The molecule has 0 fully saturated rings. The van der Waals surface area contributed by atoms with Crippen LogP contribution >= 0.6 is 0 Å². The summed E-state index contributed by atoms with van der Waals surface area (Å²) in [5.41, 5.74) is 7.17. The number of nitriles is 1. The van der Waals surface area contributed by atoms with Gasteiger partial charge < -0.3 is 10.5 Å². The van der Waals surface area contributed by atoms with Crippen LogP contribution in [-0.4, -0.2) is 0 Å². The maximum atomic E-state index is 13.8. The minimum atomic E-state index is -0.422. The number of nitrogens with zero attached hydrogens (tertiary/aromatic N) is 1. The van der Waals surface area contributed by atoms with Crippen molar-refractivity contribution in [3.05, 3.63) is 58.9 Å². The Bertz CT molecular complexity index is 647. The van der Waals surface area contributed by atoms with Crippen molar-refractivity contribution < 1.29 is 9.13 Å². The fourth-order valence-electron chi connectivity index (χ4n) is 1.70. The summed E-state index contributed by atoms with van der Waals surface area (Å²) in [5, 5.41) is 9.08. The van der Waals surface area contributed by atoms with Gasteiger partial charge in [-0.2, -0.15) is 5.26 Å². The third-order valence-corrected chi connectivity index (χ3v) is 2.78. The summed E-state index contributed by atoms with van der Waals surface area (Å²) in [6.07, 6.45) is 0. The standard InChI is InChI=1S/C15H13FN2O/c1-10-3-2-4-14(15(10)16)19-13-6-5-11(8-17)7-12(13)9-18/h2-7H,8,17H2,1H3. The molecule has 0 aliphatic carbocycles. The number of benzene rings is 2. The van der Waals surface area contributed by atoms with Crippen molar-refractivity contribution in [2.24, 2.45) is 5.73 Å². The molecule has 0 unspecified atom stereocenters. The van der Waals surface area contributed by atoms with E-state index in [0.717, 1.165) is 5.56 Å². The van der Waals surface area contributed by atoms with Gasteiger partial charge in [-0.3, -0.25) is 0 Å². The van der Waals surface area contributed by atoms with Crippen LogP contribution in [0.5, 0.6) is 11.5 Å². The Morgan fingerprint density at radius 2 is 2.05 bits per heavy atom. The van der Waals surface area contributed by atoms with Gasteiger partial charge in [0.15, 0.2) is 11.6 Å². The number of rotatable bonds is 3. The quantitative estimate of drug-likeness (QED) is 0.916. The Morgan fingerprint density at radius 3 is 2.74 bits per heavy atom. The van der Waals surface area contributed by atoms with Crippen LogP contribution in [-0.2, 0) is 6.54 Å². The van der Waals surface area contributed by atoms with E-state index in [1.807, 2.05) is 6.07 Å². The van der Waals surface area contributed by atoms with Crippen molar-refractivity contribution in [2.75, 3.05) is 0 Å². The van der Waals surface area contributed by atoms with Crippen LogP contribution < -0.4 is 10.5 Å². The molecule has 96 valence electrons. The number of aryl methyl sites for hydroxylation is 1. The molecular weight excluding hydrogens is 243 g/mol. The molecule has 0 heterocycles. The molecule has 0 spiro atoms. The summed E-state index contributed by atoms with van der Waals surface area (Å²) in [7, 11) is 0. The van der Waals surface area contributed by atoms with E-state index in [9.17, 15) is 4.39 Å². The van der Waals surface area contributed by atoms with Crippen LogP contribution in [0.15, 0.2) is 36.4 Å². The normalized spacial score (nSPS) is 10.0. The summed E-state index contributed by atoms with van der Waals surface area (Å²) >= 11 is 0. The predicted octanol–water partition coefficient (Wildman–Crippen LogP) is 3.26. The number of nitrogens with two attached hydrogens (primary N) is 1. The Morgan fingerprint density at radius 1 is 1.26 bits per heavy atom. The fraction of sp³-hybridized carbons (Fsp3) is 0.133. The molecule has 19 heavy (non-hydrogen) atoms. The maximum Gasteiger partial charge on any atom is 0.168 e. The van der Waals surface area contributed by atoms with Gasteiger partial charge in [0.1, 0.15) is 11.8 Å². The molecule has 0 aliphatic heterocycles. The van der Waals surface area contributed by atoms with Gasteiger partial charge in [-0.1, -0.05) is 18.2 Å². The van der Waals surface area contributed by atoms with Gasteiger partial charge in [0.2, 0.25) is 0 Å². The topological polar surface area (TPSA) is 59.0 Å². The highest BCUT2D eigenvalue weighted by Gasteiger charge is 2.10. The Labute approximate surface area is 111 Å². The van der Waals surface area contributed by atoms with Crippen molar-refractivity contribution in [3.8, 4) is 17.6 Å². The fourth-order valence-corrected chi connectivity index (χ4v) is 1.70. The van der Waals surface area contributed by atoms with Gasteiger partial charge in [-0.25, -0.2) is 4.39 Å². The molecule has 0 amide bonds. The van der Waals surface area contributed by atoms with Crippen molar-refractivity contribution in [3.63, 3.8) is 0 Å². The largest absolute Gasteiger partial charge is 0.453 e. The first-order valence-electron chi connectivity index (χ1n) is 5.81. The monoisotopic (exact) mass is 256 g/mol. The zero-order valence-electron chi connectivity index (χ0n) is 10.5. The summed E-state index contributed by atoms with van der Waals surface area (Å²) in [6, 6.07) is 11.9. The molecule has 0 saturated carbocycles. The van der Waals surface area contributed by atoms with Crippen LogP contribution in [0.3, 0.4) is 0 Å². The number of halogens is 1. The van der Waals surface area contributed by atoms with E-state index in [4.69, 9.17) is 15.7 Å². The maximum absolute atomic E-state index is 13.8. The summed E-state index contributed by atoms with van der Waals surface area (Å²) < 4.78 is 19.3. The summed E-state index contributed by atoms with van der Waals surface area (Å²) in [6.45, 7) is 2.00. The zero-order valence-corrected chi connectivity index (χ0v) is 10.5. The molecule has 0 atom stereocenters. The lowest BCUT2D eigenvalue weighted by atomic mass is 10.1. The third kappa shape index (κ3) is 2.72. The molecule has 0 aromatic heterocycles. The predicted molar refractivity (Wildman–Crippen MR) is 70.3 cm³/mol. The summed E-state index contributed by atoms with van der Waals surface area (Å²) in [4.78, 5) is 0. The van der Waals surface area contributed by atoms with Crippen molar-refractivity contribution in [2.45, 2.75) is 13.5 Å². The lowest BCUT2D eigenvalue weighted by molar-refractivity contribution is 0.439. The van der Waals surface area contributed by atoms with Crippen LogP contribution in [0.25, 0.3) is 0 Å². The van der Waals surface area contributed by atoms with E-state index in [0.29, 0.717) is 23.4 Å².